The van der Waals surface area contributed by atoms with Crippen molar-refractivity contribution in [2.75, 3.05) is 26.2 Å². The highest BCUT2D eigenvalue weighted by Gasteiger charge is 2.41. The zero-order valence-corrected chi connectivity index (χ0v) is 23.3. The lowest BCUT2D eigenvalue weighted by Crippen LogP contribution is -2.53. The molecule has 0 aliphatic carbocycles. The Kier molecular flexibility index (Phi) is 7.48. The van der Waals surface area contributed by atoms with Gasteiger partial charge in [0, 0.05) is 56.8 Å². The van der Waals surface area contributed by atoms with E-state index in [9.17, 15) is 19.1 Å². The number of benzene rings is 2. The molecule has 2 saturated heterocycles. The monoisotopic (exact) mass is 557 g/mol. The fourth-order valence-electron chi connectivity index (χ4n) is 6.51. The molecule has 2 aliphatic heterocycles. The van der Waals surface area contributed by atoms with E-state index in [1.165, 1.54) is 17.0 Å². The smallest absolute Gasteiger partial charge is 0.262 e. The van der Waals surface area contributed by atoms with Crippen molar-refractivity contribution in [1.29, 1.82) is 0 Å². The summed E-state index contributed by atoms with van der Waals surface area (Å²) in [5.74, 6) is -0.291. The molecule has 6 rings (SSSR count). The molecule has 2 aromatic carbocycles. The number of amides is 1. The number of piperidine rings is 2. The molecular weight excluding hydrogens is 521 g/mol. The minimum Gasteiger partial charge on any atom is -0.388 e. The van der Waals surface area contributed by atoms with E-state index in [4.69, 9.17) is 0 Å². The van der Waals surface area contributed by atoms with Gasteiger partial charge in [-0.2, -0.15) is 0 Å². The van der Waals surface area contributed by atoms with Gasteiger partial charge in [0.25, 0.3) is 5.56 Å². The fourth-order valence-corrected chi connectivity index (χ4v) is 6.51. The molecule has 214 valence electrons. The van der Waals surface area contributed by atoms with E-state index >= 15 is 0 Å². The number of aryl methyl sites for hydroxylation is 1. The van der Waals surface area contributed by atoms with E-state index in [0.29, 0.717) is 68.6 Å². The topological polar surface area (TPSA) is 83.6 Å². The van der Waals surface area contributed by atoms with Crippen molar-refractivity contribution in [3.05, 3.63) is 100 Å². The summed E-state index contributed by atoms with van der Waals surface area (Å²) in [6.07, 6.45) is 4.77. The van der Waals surface area contributed by atoms with Crippen LogP contribution in [0.1, 0.15) is 36.3 Å². The van der Waals surface area contributed by atoms with E-state index in [-0.39, 0.29) is 35.7 Å². The van der Waals surface area contributed by atoms with Gasteiger partial charge in [-0.1, -0.05) is 48.5 Å². The number of halogens is 1. The van der Waals surface area contributed by atoms with Gasteiger partial charge >= 0.3 is 0 Å². The molecule has 1 N–H and O–H groups in total. The van der Waals surface area contributed by atoms with Crippen LogP contribution in [0.5, 0.6) is 0 Å². The number of fused-ring (bicyclic) bond motifs is 1. The SMILES string of the molecule is Cn1ccc2c(=O)n(CC3(O)CCN(C(=O)[C@@H]4CCN(Cc5ccccc5F)C[C@H]4c4ccccc4)CC3)cnc21. The molecular formula is C32H36FN5O3. The van der Waals surface area contributed by atoms with Crippen LogP contribution in [0.25, 0.3) is 11.0 Å². The maximum Gasteiger partial charge on any atom is 0.262 e. The zero-order valence-electron chi connectivity index (χ0n) is 23.3. The van der Waals surface area contributed by atoms with Crippen LogP contribution >= 0.6 is 0 Å². The zero-order chi connectivity index (χ0) is 28.6. The predicted octanol–water partition coefficient (Wildman–Crippen LogP) is 3.53. The second-order valence-electron chi connectivity index (χ2n) is 11.6. The number of hydrogen-bond donors (Lipinski definition) is 1. The van der Waals surface area contributed by atoms with Crippen LogP contribution in [0.4, 0.5) is 4.39 Å². The number of likely N-dealkylation sites (tertiary alicyclic amines) is 2. The Hall–Kier alpha value is -3.82. The van der Waals surface area contributed by atoms with Crippen molar-refractivity contribution in [3.8, 4) is 0 Å². The highest BCUT2D eigenvalue weighted by molar-refractivity contribution is 5.80. The van der Waals surface area contributed by atoms with Gasteiger partial charge in [-0.25, -0.2) is 9.37 Å². The number of aliphatic hydroxyl groups is 1. The Morgan fingerprint density at radius 3 is 2.54 bits per heavy atom. The van der Waals surface area contributed by atoms with Crippen molar-refractivity contribution >= 4 is 16.9 Å². The lowest BCUT2D eigenvalue weighted by atomic mass is 9.79. The average Bonchev–Trinajstić information content (AvgIpc) is 3.37. The van der Waals surface area contributed by atoms with Gasteiger partial charge in [0.1, 0.15) is 17.8 Å². The minimum atomic E-state index is -1.09. The number of aromatic nitrogens is 3. The Balaban J connectivity index is 1.14. The maximum absolute atomic E-state index is 14.4. The molecule has 0 spiro atoms. The van der Waals surface area contributed by atoms with Gasteiger partial charge in [-0.3, -0.25) is 19.1 Å². The Morgan fingerprint density at radius 1 is 1.05 bits per heavy atom. The van der Waals surface area contributed by atoms with Crippen molar-refractivity contribution in [2.45, 2.75) is 43.9 Å². The maximum atomic E-state index is 14.4. The summed E-state index contributed by atoms with van der Waals surface area (Å²) in [7, 11) is 1.84. The number of nitrogens with zero attached hydrogens (tertiary/aromatic N) is 5. The number of carbonyl (C=O) groups excluding carboxylic acids is 1. The van der Waals surface area contributed by atoms with Crippen LogP contribution in [0.15, 0.2) is 78.0 Å². The van der Waals surface area contributed by atoms with Gasteiger partial charge < -0.3 is 14.6 Å². The molecule has 2 atom stereocenters. The normalized spacial score (nSPS) is 21.3. The first-order valence-corrected chi connectivity index (χ1v) is 14.3. The largest absolute Gasteiger partial charge is 0.388 e. The van der Waals surface area contributed by atoms with E-state index in [0.717, 1.165) is 5.56 Å². The lowest BCUT2D eigenvalue weighted by molar-refractivity contribution is -0.142. The summed E-state index contributed by atoms with van der Waals surface area (Å²) < 4.78 is 17.7. The van der Waals surface area contributed by atoms with Gasteiger partial charge in [0.2, 0.25) is 5.91 Å². The molecule has 4 aromatic rings. The van der Waals surface area contributed by atoms with Gasteiger partial charge in [-0.15, -0.1) is 0 Å². The third kappa shape index (κ3) is 5.56. The van der Waals surface area contributed by atoms with Crippen LogP contribution < -0.4 is 5.56 Å². The predicted molar refractivity (Wildman–Crippen MR) is 155 cm³/mol. The average molecular weight is 558 g/mol. The lowest BCUT2D eigenvalue weighted by Gasteiger charge is -2.43. The Bertz CT molecular complexity index is 1590. The van der Waals surface area contributed by atoms with Gasteiger partial charge in [0.05, 0.1) is 17.5 Å². The van der Waals surface area contributed by atoms with Gasteiger partial charge in [-0.05, 0) is 43.5 Å². The second kappa shape index (κ2) is 11.2. The molecule has 4 heterocycles. The van der Waals surface area contributed by atoms with Crippen molar-refractivity contribution in [1.82, 2.24) is 23.9 Å². The molecule has 2 aliphatic rings. The first-order chi connectivity index (χ1) is 19.8. The van der Waals surface area contributed by atoms with Crippen LogP contribution in [0.3, 0.4) is 0 Å². The van der Waals surface area contributed by atoms with E-state index in [2.05, 4.69) is 22.0 Å². The Morgan fingerprint density at radius 2 is 1.78 bits per heavy atom. The standard InChI is InChI=1S/C32H36FN5O3/c1-35-15-11-26-29(35)34-22-38(31(26)40)21-32(41)13-17-37(18-14-32)30(39)25-12-16-36(19-24-9-5-6-10-28(24)33)20-27(25)23-7-3-2-4-8-23/h2-11,15,22,25,27,41H,12-14,16-21H2,1H3/t25-,27+/m1/s1. The van der Waals surface area contributed by atoms with Gasteiger partial charge in [0.15, 0.2) is 0 Å². The van der Waals surface area contributed by atoms with Crippen LogP contribution in [-0.4, -0.2) is 66.7 Å². The third-order valence-corrected chi connectivity index (χ3v) is 8.91. The molecule has 8 nitrogen and oxygen atoms in total. The summed E-state index contributed by atoms with van der Waals surface area (Å²) in [6, 6.07) is 18.7. The molecule has 0 radical (unpaired) electrons. The molecule has 0 saturated carbocycles. The van der Waals surface area contributed by atoms with Crippen molar-refractivity contribution in [2.24, 2.45) is 13.0 Å². The summed E-state index contributed by atoms with van der Waals surface area (Å²) in [6.45, 7) is 2.90. The quantitative estimate of drug-likeness (QED) is 0.392. The van der Waals surface area contributed by atoms with E-state index < -0.39 is 5.60 Å². The Labute approximate surface area is 238 Å². The molecule has 2 aromatic heterocycles. The number of rotatable bonds is 6. The first-order valence-electron chi connectivity index (χ1n) is 14.3. The molecule has 9 heteroatoms. The molecule has 1 amide bonds. The van der Waals surface area contributed by atoms with E-state index in [1.807, 2.05) is 42.3 Å². The first kappa shape index (κ1) is 27.4. The summed E-state index contributed by atoms with van der Waals surface area (Å²) in [5.41, 5.74) is 1.13. The second-order valence-corrected chi connectivity index (χ2v) is 11.6. The van der Waals surface area contributed by atoms with Crippen LogP contribution in [0, 0.1) is 11.7 Å². The molecule has 2 fully saturated rings. The highest BCUT2D eigenvalue weighted by atomic mass is 19.1. The number of hydrogen-bond acceptors (Lipinski definition) is 5. The van der Waals surface area contributed by atoms with Crippen molar-refractivity contribution in [3.63, 3.8) is 0 Å². The molecule has 41 heavy (non-hydrogen) atoms. The minimum absolute atomic E-state index is 0.00714. The highest BCUT2D eigenvalue weighted by Crippen LogP contribution is 2.36. The third-order valence-electron chi connectivity index (χ3n) is 8.91. The summed E-state index contributed by atoms with van der Waals surface area (Å²) >= 11 is 0. The summed E-state index contributed by atoms with van der Waals surface area (Å²) in [5, 5.41) is 11.9. The van der Waals surface area contributed by atoms with E-state index in [1.54, 1.807) is 22.9 Å². The fraction of sp³-hybridized carbons (Fsp3) is 0.406. The van der Waals surface area contributed by atoms with Crippen LogP contribution in [0.2, 0.25) is 0 Å². The van der Waals surface area contributed by atoms with Crippen molar-refractivity contribution < 1.29 is 14.3 Å². The van der Waals surface area contributed by atoms with Crippen LogP contribution in [-0.2, 0) is 24.9 Å². The number of carbonyl (C=O) groups is 1. The summed E-state index contributed by atoms with van der Waals surface area (Å²) in [4.78, 5) is 35.4. The molecule has 0 bridgehead atoms. The molecule has 0 unspecified atom stereocenters.